The van der Waals surface area contributed by atoms with Gasteiger partial charge in [-0.3, -0.25) is 4.40 Å². The summed E-state index contributed by atoms with van der Waals surface area (Å²) in [6.45, 7) is 0. The molecule has 0 amide bonds. The molecule has 2 aromatic heterocycles. The molecular weight excluding hydrogens is 314 g/mol. The van der Waals surface area contributed by atoms with E-state index in [9.17, 15) is 0 Å². The first-order valence-corrected chi connectivity index (χ1v) is 7.81. The molecule has 0 aliphatic carbocycles. The smallest absolute Gasteiger partial charge is 0.195 e. The summed E-state index contributed by atoms with van der Waals surface area (Å²) in [6.07, 6.45) is 3.64. The van der Waals surface area contributed by atoms with E-state index < -0.39 is 0 Å². The third-order valence-electron chi connectivity index (χ3n) is 2.57. The minimum absolute atomic E-state index is 0.723. The van der Waals surface area contributed by atoms with E-state index in [1.54, 1.807) is 29.3 Å². The van der Waals surface area contributed by atoms with Crippen molar-refractivity contribution in [1.29, 1.82) is 0 Å². The van der Waals surface area contributed by atoms with Crippen molar-refractivity contribution in [3.63, 3.8) is 0 Å². The van der Waals surface area contributed by atoms with Gasteiger partial charge in [0.25, 0.3) is 0 Å². The summed E-state index contributed by atoms with van der Waals surface area (Å²) >= 11 is 9.05. The van der Waals surface area contributed by atoms with E-state index in [1.807, 2.05) is 40.2 Å². The Balaban J connectivity index is 1.99. The van der Waals surface area contributed by atoms with Gasteiger partial charge in [-0.25, -0.2) is 4.98 Å². The van der Waals surface area contributed by atoms with Crippen LogP contribution in [0.2, 0.25) is 5.02 Å². The van der Waals surface area contributed by atoms with Crippen molar-refractivity contribution in [2.45, 2.75) is 9.92 Å². The summed E-state index contributed by atoms with van der Waals surface area (Å²) in [4.78, 5) is 11.4. The van der Waals surface area contributed by atoms with E-state index in [-0.39, 0.29) is 0 Å². The average molecular weight is 324 g/mol. The number of thiazole rings is 1. The first kappa shape index (κ1) is 13.5. The van der Waals surface area contributed by atoms with Crippen molar-refractivity contribution in [3.8, 4) is 0 Å². The zero-order valence-corrected chi connectivity index (χ0v) is 12.9. The molecule has 0 bridgehead atoms. The van der Waals surface area contributed by atoms with Gasteiger partial charge in [0.1, 0.15) is 17.8 Å². The Kier molecular flexibility index (Phi) is 3.95. The number of oxime groups is 1. The number of hydrogen-bond donors (Lipinski definition) is 0. The lowest BCUT2D eigenvalue weighted by atomic mass is 10.4. The largest absolute Gasteiger partial charge is 0.399 e. The van der Waals surface area contributed by atoms with E-state index in [4.69, 9.17) is 16.4 Å². The highest BCUT2D eigenvalue weighted by molar-refractivity contribution is 7.99. The Bertz CT molecular complexity index is 749. The molecule has 3 aromatic rings. The lowest BCUT2D eigenvalue weighted by Gasteiger charge is -2.00. The van der Waals surface area contributed by atoms with E-state index in [2.05, 4.69) is 10.1 Å². The molecule has 0 aliphatic rings. The van der Waals surface area contributed by atoms with Crippen molar-refractivity contribution >= 4 is 45.9 Å². The summed E-state index contributed by atoms with van der Waals surface area (Å²) in [5, 5.41) is 7.45. The number of nitrogens with zero attached hydrogens (tertiary/aromatic N) is 3. The van der Waals surface area contributed by atoms with Crippen molar-refractivity contribution in [2.24, 2.45) is 5.16 Å². The number of benzene rings is 1. The molecule has 2 heterocycles. The number of hydrogen-bond acceptors (Lipinski definition) is 5. The second kappa shape index (κ2) is 5.87. The predicted octanol–water partition coefficient (Wildman–Crippen LogP) is 4.18. The van der Waals surface area contributed by atoms with Crippen LogP contribution < -0.4 is 0 Å². The van der Waals surface area contributed by atoms with Gasteiger partial charge in [-0.15, -0.1) is 11.3 Å². The summed E-state index contributed by atoms with van der Waals surface area (Å²) in [7, 11) is 1.52. The predicted molar refractivity (Wildman–Crippen MR) is 83.2 cm³/mol. The Labute approximate surface area is 129 Å². The van der Waals surface area contributed by atoms with Gasteiger partial charge < -0.3 is 4.84 Å². The molecular formula is C13H10ClN3OS2. The van der Waals surface area contributed by atoms with E-state index in [0.717, 1.165) is 25.6 Å². The lowest BCUT2D eigenvalue weighted by molar-refractivity contribution is 0.215. The van der Waals surface area contributed by atoms with Crippen LogP contribution in [0.4, 0.5) is 0 Å². The molecule has 0 aliphatic heterocycles. The van der Waals surface area contributed by atoms with Gasteiger partial charge >= 0.3 is 0 Å². The van der Waals surface area contributed by atoms with Crippen molar-refractivity contribution in [3.05, 3.63) is 46.6 Å². The maximum Gasteiger partial charge on any atom is 0.195 e. The van der Waals surface area contributed by atoms with Crippen molar-refractivity contribution < 1.29 is 4.84 Å². The lowest BCUT2D eigenvalue weighted by Crippen LogP contribution is -1.90. The zero-order chi connectivity index (χ0) is 13.9. The molecule has 0 saturated carbocycles. The molecule has 0 saturated heterocycles. The Hall–Kier alpha value is -1.50. The fraction of sp³-hybridized carbons (Fsp3) is 0.0769. The van der Waals surface area contributed by atoms with Crippen molar-refractivity contribution in [1.82, 2.24) is 9.38 Å². The van der Waals surface area contributed by atoms with Crippen LogP contribution in [0.3, 0.4) is 0 Å². The van der Waals surface area contributed by atoms with E-state index in [1.165, 1.54) is 7.11 Å². The number of fused-ring (bicyclic) bond motifs is 1. The maximum atomic E-state index is 5.90. The van der Waals surface area contributed by atoms with Crippen LogP contribution in [-0.2, 0) is 4.84 Å². The van der Waals surface area contributed by atoms with Crippen LogP contribution in [0.25, 0.3) is 4.96 Å². The highest BCUT2D eigenvalue weighted by Crippen LogP contribution is 2.31. The third-order valence-corrected chi connectivity index (χ3v) is 4.58. The molecule has 3 rings (SSSR count). The van der Waals surface area contributed by atoms with Crippen molar-refractivity contribution in [2.75, 3.05) is 7.11 Å². The molecule has 102 valence electrons. The number of halogens is 1. The zero-order valence-electron chi connectivity index (χ0n) is 10.5. The second-order valence-corrected chi connectivity index (χ2v) is 6.20. The number of rotatable bonds is 4. The summed E-state index contributed by atoms with van der Waals surface area (Å²) in [5.41, 5.74) is 0.906. The van der Waals surface area contributed by atoms with Crippen LogP contribution in [0.1, 0.15) is 5.69 Å². The highest BCUT2D eigenvalue weighted by atomic mass is 35.5. The van der Waals surface area contributed by atoms with Crippen LogP contribution in [0.5, 0.6) is 0 Å². The topological polar surface area (TPSA) is 38.9 Å². The maximum absolute atomic E-state index is 5.90. The summed E-state index contributed by atoms with van der Waals surface area (Å²) in [6, 6.07) is 7.67. The molecule has 1 aromatic carbocycles. The Morgan fingerprint density at radius 2 is 2.20 bits per heavy atom. The quantitative estimate of drug-likeness (QED) is 0.534. The third kappa shape index (κ3) is 2.67. The molecule has 0 unspecified atom stereocenters. The molecule has 0 N–H and O–H groups in total. The van der Waals surface area contributed by atoms with E-state index >= 15 is 0 Å². The second-order valence-electron chi connectivity index (χ2n) is 3.83. The number of imidazole rings is 1. The van der Waals surface area contributed by atoms with Crippen LogP contribution >= 0.6 is 34.7 Å². The SMILES string of the molecule is CON=Cc1c(Sc2ccc(Cl)cc2)nc2sccn12. The minimum atomic E-state index is 0.723. The molecule has 7 heteroatoms. The Morgan fingerprint density at radius 3 is 2.95 bits per heavy atom. The molecule has 0 radical (unpaired) electrons. The van der Waals surface area contributed by atoms with Crippen LogP contribution in [0, 0.1) is 0 Å². The normalized spacial score (nSPS) is 11.5. The summed E-state index contributed by atoms with van der Waals surface area (Å²) < 4.78 is 1.99. The fourth-order valence-electron chi connectivity index (χ4n) is 1.69. The molecule has 20 heavy (non-hydrogen) atoms. The Morgan fingerprint density at radius 1 is 1.40 bits per heavy atom. The standard InChI is InChI=1S/C13H10ClN3OS2/c1-18-15-8-11-12(16-13-17(11)6-7-19-13)20-10-4-2-9(14)3-5-10/h2-8H,1H3. The van der Waals surface area contributed by atoms with E-state index in [0.29, 0.717) is 0 Å². The summed E-state index contributed by atoms with van der Waals surface area (Å²) in [5.74, 6) is 0. The highest BCUT2D eigenvalue weighted by Gasteiger charge is 2.13. The first-order chi connectivity index (χ1) is 9.78. The first-order valence-electron chi connectivity index (χ1n) is 5.73. The monoisotopic (exact) mass is 323 g/mol. The average Bonchev–Trinajstić information content (AvgIpc) is 3.00. The molecule has 4 nitrogen and oxygen atoms in total. The van der Waals surface area contributed by atoms with Gasteiger partial charge in [0.15, 0.2) is 4.96 Å². The van der Waals surface area contributed by atoms with Gasteiger partial charge in [-0.2, -0.15) is 0 Å². The van der Waals surface area contributed by atoms with Gasteiger partial charge in [0.05, 0.1) is 6.21 Å². The van der Waals surface area contributed by atoms with Gasteiger partial charge in [0, 0.05) is 21.5 Å². The van der Waals surface area contributed by atoms with Gasteiger partial charge in [-0.1, -0.05) is 28.5 Å². The van der Waals surface area contributed by atoms with Gasteiger partial charge in [-0.05, 0) is 24.3 Å². The number of aromatic nitrogens is 2. The van der Waals surface area contributed by atoms with Crippen LogP contribution in [-0.4, -0.2) is 22.7 Å². The van der Waals surface area contributed by atoms with Gasteiger partial charge in [0.2, 0.25) is 0 Å². The minimum Gasteiger partial charge on any atom is -0.399 e. The molecule has 0 fully saturated rings. The van der Waals surface area contributed by atoms with Crippen LogP contribution in [0.15, 0.2) is 50.9 Å². The fourth-order valence-corrected chi connectivity index (χ4v) is 3.48. The molecule has 0 spiro atoms. The molecule has 0 atom stereocenters.